The number of hydrogen-bond acceptors (Lipinski definition) is 5. The topological polar surface area (TPSA) is 120 Å². The number of carbonyl (C=O) groups excluding carboxylic acids is 3. The van der Waals surface area contributed by atoms with Crippen LogP contribution in [0.15, 0.2) is 48.8 Å². The van der Waals surface area contributed by atoms with Crippen LogP contribution in [0.3, 0.4) is 0 Å². The summed E-state index contributed by atoms with van der Waals surface area (Å²) in [6, 6.07) is 9.97. The minimum absolute atomic E-state index is 0.0805. The number of phenolic OH excluding ortho intramolecular Hbond substituents is 1. The molecule has 0 radical (unpaired) electrons. The molecule has 8 heteroatoms. The van der Waals surface area contributed by atoms with Crippen LogP contribution < -0.4 is 16.0 Å². The third-order valence-electron chi connectivity index (χ3n) is 7.90. The predicted octanol–water partition coefficient (Wildman–Crippen LogP) is 6.90. The molecule has 1 heterocycles. The molecule has 4 N–H and O–H groups in total. The maximum atomic E-state index is 13.0. The number of benzene rings is 1. The number of nitrogens with one attached hydrogen (secondary N) is 3. The van der Waals surface area contributed by atoms with Gasteiger partial charge in [-0.1, -0.05) is 96.1 Å². The predicted molar refractivity (Wildman–Crippen MR) is 177 cm³/mol. The molecule has 0 unspecified atom stereocenters. The lowest BCUT2D eigenvalue weighted by molar-refractivity contribution is -0.129. The summed E-state index contributed by atoms with van der Waals surface area (Å²) >= 11 is 0. The molecule has 0 aliphatic rings. The highest BCUT2D eigenvalue weighted by Gasteiger charge is 2.21. The van der Waals surface area contributed by atoms with Gasteiger partial charge in [0.05, 0.1) is 0 Å². The maximum Gasteiger partial charge on any atom is 0.242 e. The van der Waals surface area contributed by atoms with E-state index in [0.717, 1.165) is 81.8 Å². The Hall–Kier alpha value is -3.42. The maximum absolute atomic E-state index is 13.0. The Labute approximate surface area is 265 Å². The van der Waals surface area contributed by atoms with E-state index in [2.05, 4.69) is 27.9 Å². The summed E-state index contributed by atoms with van der Waals surface area (Å²) in [5, 5.41) is 18.5. The second-order valence-electron chi connectivity index (χ2n) is 11.9. The smallest absolute Gasteiger partial charge is 0.242 e. The summed E-state index contributed by atoms with van der Waals surface area (Å²) in [5.74, 6) is 0.0405. The number of rotatable bonds is 25. The number of phenols is 1. The van der Waals surface area contributed by atoms with Crippen LogP contribution in [0.2, 0.25) is 0 Å². The minimum atomic E-state index is -0.630. The van der Waals surface area contributed by atoms with Gasteiger partial charge < -0.3 is 21.1 Å². The number of nitrogens with zero attached hydrogens (tertiary/aromatic N) is 1. The quantitative estimate of drug-likeness (QED) is 0.0914. The van der Waals surface area contributed by atoms with Crippen LogP contribution >= 0.6 is 0 Å². The van der Waals surface area contributed by atoms with Crippen molar-refractivity contribution in [2.75, 3.05) is 6.54 Å². The van der Waals surface area contributed by atoms with Crippen molar-refractivity contribution >= 4 is 17.7 Å². The Morgan fingerprint density at radius 1 is 0.659 bits per heavy atom. The Morgan fingerprint density at radius 2 is 1.20 bits per heavy atom. The van der Waals surface area contributed by atoms with E-state index in [1.165, 1.54) is 25.7 Å². The Bertz CT molecular complexity index is 1050. The first-order valence-corrected chi connectivity index (χ1v) is 17.0. The summed E-state index contributed by atoms with van der Waals surface area (Å²) in [5.41, 5.74) is 1.95. The zero-order valence-corrected chi connectivity index (χ0v) is 27.0. The molecular weight excluding hydrogens is 552 g/mol. The van der Waals surface area contributed by atoms with Gasteiger partial charge in [0.1, 0.15) is 11.8 Å². The number of aromatic nitrogens is 1. The lowest BCUT2D eigenvalue weighted by Crippen LogP contribution is -2.48. The van der Waals surface area contributed by atoms with Gasteiger partial charge in [0.25, 0.3) is 0 Å². The molecule has 0 spiro atoms. The number of amides is 3. The van der Waals surface area contributed by atoms with Crippen molar-refractivity contribution in [3.63, 3.8) is 0 Å². The molecule has 44 heavy (non-hydrogen) atoms. The zero-order chi connectivity index (χ0) is 31.7. The normalized spacial score (nSPS) is 11.6. The molecule has 2 aromatic rings. The fourth-order valence-electron chi connectivity index (χ4n) is 5.18. The van der Waals surface area contributed by atoms with Crippen molar-refractivity contribution in [3.05, 3.63) is 59.9 Å². The monoisotopic (exact) mass is 608 g/mol. The first-order valence-electron chi connectivity index (χ1n) is 17.0. The van der Waals surface area contributed by atoms with E-state index in [9.17, 15) is 19.5 Å². The largest absolute Gasteiger partial charge is 0.508 e. The van der Waals surface area contributed by atoms with Crippen LogP contribution in [-0.2, 0) is 27.3 Å². The molecular formula is C36H56N4O4. The van der Waals surface area contributed by atoms with Crippen molar-refractivity contribution in [2.45, 2.75) is 135 Å². The lowest BCUT2D eigenvalue weighted by atomic mass is 10.0. The van der Waals surface area contributed by atoms with Crippen molar-refractivity contribution in [1.29, 1.82) is 0 Å². The van der Waals surface area contributed by atoms with Crippen LogP contribution in [0.5, 0.6) is 5.75 Å². The van der Waals surface area contributed by atoms with Gasteiger partial charge in [-0.2, -0.15) is 0 Å². The van der Waals surface area contributed by atoms with Crippen molar-refractivity contribution < 1.29 is 19.5 Å². The Balaban J connectivity index is 1.56. The molecule has 0 saturated carbocycles. The summed E-state index contributed by atoms with van der Waals surface area (Å²) < 4.78 is 0. The first-order chi connectivity index (χ1) is 21.5. The molecule has 0 fully saturated rings. The van der Waals surface area contributed by atoms with Crippen LogP contribution in [0.1, 0.15) is 127 Å². The Kier molecular flexibility index (Phi) is 20.0. The molecule has 0 bridgehead atoms. The Morgan fingerprint density at radius 3 is 1.82 bits per heavy atom. The van der Waals surface area contributed by atoms with Crippen molar-refractivity contribution in [2.24, 2.45) is 0 Å². The third-order valence-corrected chi connectivity index (χ3v) is 7.90. The summed E-state index contributed by atoms with van der Waals surface area (Å²) in [4.78, 5) is 41.6. The zero-order valence-electron chi connectivity index (χ0n) is 27.0. The lowest BCUT2D eigenvalue weighted by Gasteiger charge is -2.19. The SMILES string of the molecule is CCCCCCCCCC(=O)N[C@@H](Cc1ccc(O)cc1)C(=O)NCCCCCCCCCCC(=O)NCc1ccncc1. The number of pyridine rings is 1. The average molecular weight is 609 g/mol. The van der Waals surface area contributed by atoms with E-state index in [1.54, 1.807) is 36.7 Å². The highest BCUT2D eigenvalue weighted by molar-refractivity contribution is 5.87. The van der Waals surface area contributed by atoms with Gasteiger partial charge in [-0.05, 0) is 54.7 Å². The first kappa shape index (κ1) is 36.8. The van der Waals surface area contributed by atoms with Gasteiger partial charge >= 0.3 is 0 Å². The van der Waals surface area contributed by atoms with E-state index < -0.39 is 6.04 Å². The molecule has 244 valence electrons. The average Bonchev–Trinajstić information content (AvgIpc) is 3.03. The van der Waals surface area contributed by atoms with Crippen LogP contribution in [0, 0.1) is 0 Å². The second kappa shape index (κ2) is 24.0. The highest BCUT2D eigenvalue weighted by Crippen LogP contribution is 2.13. The second-order valence-corrected chi connectivity index (χ2v) is 11.9. The van der Waals surface area contributed by atoms with Crippen LogP contribution in [0.4, 0.5) is 0 Å². The van der Waals surface area contributed by atoms with Gasteiger partial charge in [-0.15, -0.1) is 0 Å². The summed E-state index contributed by atoms with van der Waals surface area (Å²) in [7, 11) is 0. The molecule has 3 amide bonds. The number of aromatic hydroxyl groups is 1. The van der Waals surface area contributed by atoms with E-state index in [4.69, 9.17) is 0 Å². The van der Waals surface area contributed by atoms with Gasteiger partial charge in [0, 0.05) is 44.7 Å². The van der Waals surface area contributed by atoms with E-state index in [0.29, 0.717) is 32.4 Å². The third kappa shape index (κ3) is 18.3. The molecule has 0 aliphatic carbocycles. The van der Waals surface area contributed by atoms with E-state index in [1.807, 2.05) is 12.1 Å². The number of carbonyl (C=O) groups is 3. The van der Waals surface area contributed by atoms with Crippen LogP contribution in [-0.4, -0.2) is 40.4 Å². The van der Waals surface area contributed by atoms with Crippen LogP contribution in [0.25, 0.3) is 0 Å². The molecule has 0 aliphatic heterocycles. The highest BCUT2D eigenvalue weighted by atomic mass is 16.3. The summed E-state index contributed by atoms with van der Waals surface area (Å²) in [6.45, 7) is 3.35. The fourth-order valence-corrected chi connectivity index (χ4v) is 5.18. The van der Waals surface area contributed by atoms with Crippen molar-refractivity contribution in [1.82, 2.24) is 20.9 Å². The van der Waals surface area contributed by atoms with Gasteiger partial charge in [0.2, 0.25) is 17.7 Å². The van der Waals surface area contributed by atoms with E-state index >= 15 is 0 Å². The number of unbranched alkanes of at least 4 members (excludes halogenated alkanes) is 13. The number of hydrogen-bond donors (Lipinski definition) is 4. The van der Waals surface area contributed by atoms with Gasteiger partial charge in [-0.3, -0.25) is 19.4 Å². The van der Waals surface area contributed by atoms with Crippen molar-refractivity contribution in [3.8, 4) is 5.75 Å². The molecule has 0 saturated heterocycles. The molecule has 2 rings (SSSR count). The summed E-state index contributed by atoms with van der Waals surface area (Å²) in [6.07, 6.45) is 21.3. The molecule has 8 nitrogen and oxygen atoms in total. The standard InChI is InChI=1S/C36H56N4O4/c1-2-3-4-5-8-12-15-18-35(43)40-33(28-30-19-21-32(41)22-20-30)36(44)38-25-16-13-10-7-6-9-11-14-17-34(42)39-29-31-23-26-37-27-24-31/h19-24,26-27,33,41H,2-18,25,28-29H2,1H3,(H,38,44)(H,39,42)(H,40,43)/t33-/m0/s1. The fraction of sp³-hybridized carbons (Fsp3) is 0.611. The molecule has 1 aromatic heterocycles. The minimum Gasteiger partial charge on any atom is -0.508 e. The van der Waals surface area contributed by atoms with Gasteiger partial charge in [0.15, 0.2) is 0 Å². The molecule has 1 aromatic carbocycles. The van der Waals surface area contributed by atoms with Gasteiger partial charge in [-0.25, -0.2) is 0 Å². The molecule has 1 atom stereocenters. The van der Waals surface area contributed by atoms with E-state index in [-0.39, 0.29) is 23.5 Å².